The summed E-state index contributed by atoms with van der Waals surface area (Å²) >= 11 is 11.9. The fraction of sp³-hybridized carbons (Fsp3) is 0.300. The molecule has 0 unspecified atom stereocenters. The van der Waals surface area contributed by atoms with Gasteiger partial charge in [-0.2, -0.15) is 0 Å². The van der Waals surface area contributed by atoms with Crippen molar-refractivity contribution in [2.75, 3.05) is 18.4 Å². The number of rotatable bonds is 3. The van der Waals surface area contributed by atoms with Gasteiger partial charge in [-0.15, -0.1) is 0 Å². The lowest BCUT2D eigenvalue weighted by atomic mass is 10.1. The summed E-state index contributed by atoms with van der Waals surface area (Å²) in [6.45, 7) is 1.51. The second-order valence-electron chi connectivity index (χ2n) is 6.36. The molecule has 1 aliphatic rings. The van der Waals surface area contributed by atoms with Crippen molar-refractivity contribution in [1.82, 2.24) is 4.90 Å². The van der Waals surface area contributed by atoms with Crippen LogP contribution in [-0.4, -0.2) is 29.8 Å². The molecule has 0 aliphatic carbocycles. The lowest BCUT2D eigenvalue weighted by Crippen LogP contribution is -2.32. The van der Waals surface area contributed by atoms with E-state index in [1.165, 1.54) is 0 Å². The van der Waals surface area contributed by atoms with Crippen LogP contribution in [0.1, 0.15) is 46.4 Å². The average molecular weight is 391 g/mol. The fourth-order valence-electron chi connectivity index (χ4n) is 3.10. The Balaban J connectivity index is 1.82. The minimum Gasteiger partial charge on any atom is -0.339 e. The number of hydrogen-bond acceptors (Lipinski definition) is 2. The maximum Gasteiger partial charge on any atom is 0.255 e. The molecule has 2 amide bonds. The van der Waals surface area contributed by atoms with Crippen LogP contribution in [0.2, 0.25) is 10.0 Å². The van der Waals surface area contributed by atoms with Crippen molar-refractivity contribution in [3.05, 3.63) is 63.6 Å². The molecule has 2 aromatic rings. The van der Waals surface area contributed by atoms with E-state index in [2.05, 4.69) is 5.32 Å². The summed E-state index contributed by atoms with van der Waals surface area (Å²) in [5.74, 6) is -0.405. The number of hydrogen-bond donors (Lipinski definition) is 1. The maximum absolute atomic E-state index is 12.9. The molecule has 1 heterocycles. The van der Waals surface area contributed by atoms with Crippen molar-refractivity contribution in [3.63, 3.8) is 0 Å². The summed E-state index contributed by atoms with van der Waals surface area (Å²) in [6.07, 6.45) is 4.33. The number of carbonyl (C=O) groups excluding carboxylic acids is 2. The molecule has 0 saturated carbocycles. The molecule has 4 nitrogen and oxygen atoms in total. The van der Waals surface area contributed by atoms with Crippen molar-refractivity contribution in [1.29, 1.82) is 0 Å². The highest BCUT2D eigenvalue weighted by Gasteiger charge is 2.21. The highest BCUT2D eigenvalue weighted by molar-refractivity contribution is 6.35. The van der Waals surface area contributed by atoms with Crippen molar-refractivity contribution >= 4 is 40.7 Å². The van der Waals surface area contributed by atoms with Crippen LogP contribution in [0.15, 0.2) is 42.5 Å². The first-order chi connectivity index (χ1) is 12.5. The Bertz CT molecular complexity index is 795. The average Bonchev–Trinajstić information content (AvgIpc) is 2.90. The molecule has 136 valence electrons. The third kappa shape index (κ3) is 4.57. The Kier molecular flexibility index (Phi) is 6.17. The molecule has 1 fully saturated rings. The van der Waals surface area contributed by atoms with Gasteiger partial charge in [0.25, 0.3) is 11.8 Å². The normalized spacial score (nSPS) is 14.6. The number of likely N-dealkylation sites (tertiary alicyclic amines) is 1. The van der Waals surface area contributed by atoms with E-state index in [4.69, 9.17) is 23.2 Å². The van der Waals surface area contributed by atoms with E-state index < -0.39 is 0 Å². The molecule has 3 rings (SSSR count). The summed E-state index contributed by atoms with van der Waals surface area (Å²) in [7, 11) is 0. The second-order valence-corrected chi connectivity index (χ2v) is 7.24. The van der Waals surface area contributed by atoms with E-state index in [1.54, 1.807) is 42.5 Å². The van der Waals surface area contributed by atoms with Gasteiger partial charge < -0.3 is 10.2 Å². The van der Waals surface area contributed by atoms with Gasteiger partial charge in [0, 0.05) is 28.7 Å². The van der Waals surface area contributed by atoms with Gasteiger partial charge in [-0.05, 0) is 43.2 Å². The third-order valence-electron chi connectivity index (χ3n) is 4.42. The number of para-hydroxylation sites is 1. The van der Waals surface area contributed by atoms with Gasteiger partial charge in [0.05, 0.1) is 11.3 Å². The van der Waals surface area contributed by atoms with E-state index in [9.17, 15) is 9.59 Å². The molecule has 6 heteroatoms. The first-order valence-electron chi connectivity index (χ1n) is 8.70. The molecule has 2 aromatic carbocycles. The Morgan fingerprint density at radius 3 is 2.15 bits per heavy atom. The number of benzene rings is 2. The van der Waals surface area contributed by atoms with Crippen molar-refractivity contribution < 1.29 is 9.59 Å². The van der Waals surface area contributed by atoms with Gasteiger partial charge in [-0.3, -0.25) is 9.59 Å². The molecule has 0 aromatic heterocycles. The maximum atomic E-state index is 12.9. The molecule has 0 bridgehead atoms. The number of halogens is 2. The second kappa shape index (κ2) is 8.56. The van der Waals surface area contributed by atoms with Crippen molar-refractivity contribution in [3.8, 4) is 0 Å². The van der Waals surface area contributed by atoms with Crippen LogP contribution in [-0.2, 0) is 0 Å². The Morgan fingerprint density at radius 1 is 0.885 bits per heavy atom. The van der Waals surface area contributed by atoms with Crippen molar-refractivity contribution in [2.45, 2.75) is 25.7 Å². The summed E-state index contributed by atoms with van der Waals surface area (Å²) < 4.78 is 0. The number of amides is 2. The monoisotopic (exact) mass is 390 g/mol. The Morgan fingerprint density at radius 2 is 1.50 bits per heavy atom. The van der Waals surface area contributed by atoms with Crippen LogP contribution in [0.3, 0.4) is 0 Å². The number of carbonyl (C=O) groups is 2. The summed E-state index contributed by atoms with van der Waals surface area (Å²) in [5, 5.41) is 3.58. The highest BCUT2D eigenvalue weighted by atomic mass is 35.5. The molecular formula is C20H20Cl2N2O2. The van der Waals surface area contributed by atoms with Crippen LogP contribution >= 0.6 is 23.2 Å². The van der Waals surface area contributed by atoms with E-state index >= 15 is 0 Å². The largest absolute Gasteiger partial charge is 0.339 e. The predicted octanol–water partition coefficient (Wildman–Crippen LogP) is 5.26. The molecule has 1 saturated heterocycles. The van der Waals surface area contributed by atoms with Crippen LogP contribution in [0, 0.1) is 0 Å². The van der Waals surface area contributed by atoms with Crippen LogP contribution in [0.5, 0.6) is 0 Å². The van der Waals surface area contributed by atoms with Crippen LogP contribution < -0.4 is 5.32 Å². The van der Waals surface area contributed by atoms with Gasteiger partial charge in [-0.25, -0.2) is 0 Å². The van der Waals surface area contributed by atoms with E-state index in [0.717, 1.165) is 38.8 Å². The molecule has 0 atom stereocenters. The van der Waals surface area contributed by atoms with E-state index in [-0.39, 0.29) is 11.8 Å². The number of anilines is 1. The van der Waals surface area contributed by atoms with Crippen LogP contribution in [0.4, 0.5) is 5.69 Å². The zero-order valence-electron chi connectivity index (χ0n) is 14.3. The molecule has 1 aliphatic heterocycles. The molecule has 1 N–H and O–H groups in total. The highest BCUT2D eigenvalue weighted by Crippen LogP contribution is 2.23. The lowest BCUT2D eigenvalue weighted by molar-refractivity contribution is 0.0762. The summed E-state index contributed by atoms with van der Waals surface area (Å²) in [4.78, 5) is 27.4. The predicted molar refractivity (Wildman–Crippen MR) is 105 cm³/mol. The van der Waals surface area contributed by atoms with Crippen molar-refractivity contribution in [2.24, 2.45) is 0 Å². The summed E-state index contributed by atoms with van der Waals surface area (Å²) in [5.41, 5.74) is 1.33. The fourth-order valence-corrected chi connectivity index (χ4v) is 3.63. The minimum absolute atomic E-state index is 0.0491. The third-order valence-corrected chi connectivity index (χ3v) is 4.86. The quantitative estimate of drug-likeness (QED) is 0.776. The van der Waals surface area contributed by atoms with E-state index in [0.29, 0.717) is 26.9 Å². The first kappa shape index (κ1) is 18.7. The summed E-state index contributed by atoms with van der Waals surface area (Å²) in [6, 6.07) is 11.7. The number of nitrogens with one attached hydrogen (secondary N) is 1. The van der Waals surface area contributed by atoms with Gasteiger partial charge in [0.2, 0.25) is 0 Å². The topological polar surface area (TPSA) is 49.4 Å². The SMILES string of the molecule is O=C(Nc1ccccc1C(=O)N1CCCCCC1)c1cc(Cl)cc(Cl)c1. The lowest BCUT2D eigenvalue weighted by Gasteiger charge is -2.22. The van der Waals surface area contributed by atoms with Gasteiger partial charge in [-0.1, -0.05) is 48.2 Å². The first-order valence-corrected chi connectivity index (χ1v) is 9.46. The molecular weight excluding hydrogens is 371 g/mol. The van der Waals surface area contributed by atoms with Gasteiger partial charge in [0.1, 0.15) is 0 Å². The zero-order chi connectivity index (χ0) is 18.5. The number of nitrogens with zero attached hydrogens (tertiary/aromatic N) is 1. The minimum atomic E-state index is -0.356. The molecule has 0 spiro atoms. The Hall–Kier alpha value is -2.04. The van der Waals surface area contributed by atoms with Crippen LogP contribution in [0.25, 0.3) is 0 Å². The van der Waals surface area contributed by atoms with Gasteiger partial charge >= 0.3 is 0 Å². The zero-order valence-corrected chi connectivity index (χ0v) is 15.8. The molecule has 0 radical (unpaired) electrons. The van der Waals surface area contributed by atoms with E-state index in [1.807, 2.05) is 4.90 Å². The van der Waals surface area contributed by atoms with Gasteiger partial charge in [0.15, 0.2) is 0 Å². The Labute approximate surface area is 163 Å². The standard InChI is InChI=1S/C20H20Cl2N2O2/c21-15-11-14(12-16(22)13-15)19(25)23-18-8-4-3-7-17(18)20(26)24-9-5-1-2-6-10-24/h3-4,7-8,11-13H,1-2,5-6,9-10H2,(H,23,25). The molecule has 26 heavy (non-hydrogen) atoms. The smallest absolute Gasteiger partial charge is 0.255 e.